The summed E-state index contributed by atoms with van der Waals surface area (Å²) in [5.74, 6) is 7.58. The highest BCUT2D eigenvalue weighted by Crippen LogP contribution is 2.20. The average Bonchev–Trinajstić information content (AvgIpc) is 2.48. The van der Waals surface area contributed by atoms with Gasteiger partial charge in [-0.05, 0) is 37.1 Å². The minimum absolute atomic E-state index is 0.549. The SMILES string of the molecule is Cc1ccc(COc2ccc(C)cc2C#CCCCl)cc1. The maximum atomic E-state index is 5.91. The first-order chi connectivity index (χ1) is 10.2. The highest BCUT2D eigenvalue weighted by atomic mass is 35.5. The molecule has 0 bridgehead atoms. The second-order valence-corrected chi connectivity index (χ2v) is 5.39. The van der Waals surface area contributed by atoms with Gasteiger partial charge in [0.05, 0.1) is 5.56 Å². The molecule has 0 N–H and O–H groups in total. The molecule has 0 aliphatic rings. The summed E-state index contributed by atoms with van der Waals surface area (Å²) in [5, 5.41) is 0. The van der Waals surface area contributed by atoms with Gasteiger partial charge >= 0.3 is 0 Å². The molecule has 0 radical (unpaired) electrons. The maximum Gasteiger partial charge on any atom is 0.135 e. The number of benzene rings is 2. The number of aryl methyl sites for hydroxylation is 2. The molecule has 21 heavy (non-hydrogen) atoms. The molecular weight excluding hydrogens is 280 g/mol. The lowest BCUT2D eigenvalue weighted by Gasteiger charge is -2.09. The van der Waals surface area contributed by atoms with Crippen LogP contribution in [0.5, 0.6) is 5.75 Å². The fraction of sp³-hybridized carbons (Fsp3) is 0.263. The number of ether oxygens (including phenoxy) is 1. The smallest absolute Gasteiger partial charge is 0.135 e. The third-order valence-corrected chi connectivity index (χ3v) is 3.28. The Morgan fingerprint density at radius 2 is 1.71 bits per heavy atom. The molecule has 0 heterocycles. The standard InChI is InChI=1S/C19H19ClO/c1-15-6-9-17(10-7-15)14-21-19-11-8-16(2)13-18(19)5-3-4-12-20/h6-11,13H,4,12,14H2,1-2H3. The van der Waals surface area contributed by atoms with Crippen molar-refractivity contribution in [3.63, 3.8) is 0 Å². The van der Waals surface area contributed by atoms with E-state index in [0.717, 1.165) is 16.9 Å². The van der Waals surface area contributed by atoms with Gasteiger partial charge in [-0.15, -0.1) is 11.6 Å². The summed E-state index contributed by atoms with van der Waals surface area (Å²) in [6.45, 7) is 4.68. The molecule has 0 aliphatic heterocycles. The second kappa shape index (κ2) is 7.76. The molecule has 0 saturated carbocycles. The minimum Gasteiger partial charge on any atom is -0.488 e. The van der Waals surface area contributed by atoms with E-state index in [0.29, 0.717) is 18.9 Å². The Bertz CT molecular complexity index is 648. The summed E-state index contributed by atoms with van der Waals surface area (Å²) in [4.78, 5) is 0. The van der Waals surface area contributed by atoms with Crippen molar-refractivity contribution in [2.75, 3.05) is 5.88 Å². The van der Waals surface area contributed by atoms with E-state index in [1.54, 1.807) is 0 Å². The molecule has 0 atom stereocenters. The Kier molecular flexibility index (Phi) is 5.72. The molecule has 0 saturated heterocycles. The Hall–Kier alpha value is -1.91. The first kappa shape index (κ1) is 15.5. The number of rotatable bonds is 4. The number of hydrogen-bond acceptors (Lipinski definition) is 1. The summed E-state index contributed by atoms with van der Waals surface area (Å²) in [5.41, 5.74) is 4.50. The Morgan fingerprint density at radius 3 is 2.43 bits per heavy atom. The number of halogens is 1. The van der Waals surface area contributed by atoms with Gasteiger partial charge < -0.3 is 4.74 Å². The highest BCUT2D eigenvalue weighted by molar-refractivity contribution is 6.18. The van der Waals surface area contributed by atoms with Crippen molar-refractivity contribution in [3.05, 3.63) is 64.7 Å². The van der Waals surface area contributed by atoms with Gasteiger partial charge in [-0.3, -0.25) is 0 Å². The zero-order chi connectivity index (χ0) is 15.1. The maximum absolute atomic E-state index is 5.91. The van der Waals surface area contributed by atoms with Crippen molar-refractivity contribution in [2.24, 2.45) is 0 Å². The van der Waals surface area contributed by atoms with Crippen LogP contribution in [0.4, 0.5) is 0 Å². The summed E-state index contributed by atoms with van der Waals surface area (Å²) in [7, 11) is 0. The van der Waals surface area contributed by atoms with Gasteiger partial charge in [-0.25, -0.2) is 0 Å². The molecule has 0 aromatic heterocycles. The van der Waals surface area contributed by atoms with E-state index in [-0.39, 0.29) is 0 Å². The fourth-order valence-corrected chi connectivity index (χ4v) is 2.01. The number of alkyl halides is 1. The number of hydrogen-bond donors (Lipinski definition) is 0. The molecule has 0 aliphatic carbocycles. The van der Waals surface area contributed by atoms with Gasteiger partial charge in [0.15, 0.2) is 0 Å². The minimum atomic E-state index is 0.549. The predicted molar refractivity (Wildman–Crippen MR) is 88.9 cm³/mol. The van der Waals surface area contributed by atoms with Crippen LogP contribution in [0.2, 0.25) is 0 Å². The zero-order valence-electron chi connectivity index (χ0n) is 12.4. The topological polar surface area (TPSA) is 9.23 Å². The first-order valence-electron chi connectivity index (χ1n) is 7.03. The van der Waals surface area contributed by atoms with Crippen LogP contribution in [0.15, 0.2) is 42.5 Å². The molecule has 2 aromatic rings. The molecule has 0 unspecified atom stereocenters. The Balaban J connectivity index is 2.12. The molecule has 2 rings (SSSR count). The van der Waals surface area contributed by atoms with Crippen LogP contribution in [0.1, 0.15) is 28.7 Å². The quantitative estimate of drug-likeness (QED) is 0.578. The third kappa shape index (κ3) is 4.85. The predicted octanol–water partition coefficient (Wildman–Crippen LogP) is 4.86. The van der Waals surface area contributed by atoms with Gasteiger partial charge in [0.2, 0.25) is 0 Å². The summed E-state index contributed by atoms with van der Waals surface area (Å²) < 4.78 is 5.91. The molecule has 2 heteroatoms. The summed E-state index contributed by atoms with van der Waals surface area (Å²) in [6.07, 6.45) is 0.687. The van der Waals surface area contributed by atoms with E-state index in [2.05, 4.69) is 50.0 Å². The van der Waals surface area contributed by atoms with E-state index in [1.165, 1.54) is 11.1 Å². The molecule has 1 nitrogen and oxygen atoms in total. The summed E-state index contributed by atoms with van der Waals surface area (Å²) in [6, 6.07) is 14.4. The highest BCUT2D eigenvalue weighted by Gasteiger charge is 2.02. The van der Waals surface area contributed by atoms with Crippen molar-refractivity contribution < 1.29 is 4.74 Å². The normalized spacial score (nSPS) is 9.86. The van der Waals surface area contributed by atoms with Gasteiger partial charge in [-0.1, -0.05) is 47.7 Å². The van der Waals surface area contributed by atoms with Gasteiger partial charge in [0.1, 0.15) is 12.4 Å². The van der Waals surface area contributed by atoms with E-state index in [9.17, 15) is 0 Å². The Labute approximate surface area is 131 Å². The lowest BCUT2D eigenvalue weighted by atomic mass is 10.1. The van der Waals surface area contributed by atoms with Crippen LogP contribution >= 0.6 is 11.6 Å². The van der Waals surface area contributed by atoms with Crippen LogP contribution in [-0.2, 0) is 6.61 Å². The Morgan fingerprint density at radius 1 is 1.00 bits per heavy atom. The largest absolute Gasteiger partial charge is 0.488 e. The van der Waals surface area contributed by atoms with Crippen molar-refractivity contribution in [1.82, 2.24) is 0 Å². The van der Waals surface area contributed by atoms with Crippen LogP contribution in [0, 0.1) is 25.7 Å². The lowest BCUT2D eigenvalue weighted by Crippen LogP contribution is -1.97. The van der Waals surface area contributed by atoms with E-state index in [1.807, 2.05) is 18.2 Å². The van der Waals surface area contributed by atoms with Crippen molar-refractivity contribution in [2.45, 2.75) is 26.9 Å². The molecule has 0 amide bonds. The van der Waals surface area contributed by atoms with Crippen LogP contribution in [-0.4, -0.2) is 5.88 Å². The van der Waals surface area contributed by atoms with Gasteiger partial charge in [-0.2, -0.15) is 0 Å². The lowest BCUT2D eigenvalue weighted by molar-refractivity contribution is 0.305. The third-order valence-electron chi connectivity index (χ3n) is 3.09. The van der Waals surface area contributed by atoms with Crippen molar-refractivity contribution >= 4 is 11.6 Å². The van der Waals surface area contributed by atoms with E-state index in [4.69, 9.17) is 16.3 Å². The van der Waals surface area contributed by atoms with Crippen LogP contribution in [0.25, 0.3) is 0 Å². The summed E-state index contributed by atoms with van der Waals surface area (Å²) >= 11 is 5.66. The zero-order valence-corrected chi connectivity index (χ0v) is 13.2. The van der Waals surface area contributed by atoms with Crippen molar-refractivity contribution in [3.8, 4) is 17.6 Å². The fourth-order valence-electron chi connectivity index (χ4n) is 1.92. The monoisotopic (exact) mass is 298 g/mol. The van der Waals surface area contributed by atoms with Crippen molar-refractivity contribution in [1.29, 1.82) is 0 Å². The van der Waals surface area contributed by atoms with Gasteiger partial charge in [0, 0.05) is 12.3 Å². The molecule has 0 fully saturated rings. The molecule has 2 aromatic carbocycles. The average molecular weight is 299 g/mol. The molecule has 108 valence electrons. The van der Waals surface area contributed by atoms with Crippen LogP contribution in [0.3, 0.4) is 0 Å². The van der Waals surface area contributed by atoms with Gasteiger partial charge in [0.25, 0.3) is 0 Å². The van der Waals surface area contributed by atoms with E-state index < -0.39 is 0 Å². The molecular formula is C19H19ClO. The second-order valence-electron chi connectivity index (χ2n) is 5.01. The molecule has 0 spiro atoms. The van der Waals surface area contributed by atoms with E-state index >= 15 is 0 Å². The first-order valence-corrected chi connectivity index (χ1v) is 7.56. The van der Waals surface area contributed by atoms with Crippen LogP contribution < -0.4 is 4.74 Å².